The fourth-order valence-corrected chi connectivity index (χ4v) is 2.87. The highest BCUT2D eigenvalue weighted by Gasteiger charge is 2.15. The zero-order valence-electron chi connectivity index (χ0n) is 10.1. The van der Waals surface area contributed by atoms with E-state index in [1.165, 1.54) is 16.3 Å². The lowest BCUT2D eigenvalue weighted by Crippen LogP contribution is -2.37. The highest BCUT2D eigenvalue weighted by atomic mass is 28.3. The van der Waals surface area contributed by atoms with E-state index < -0.39 is 8.07 Å². The molecule has 1 aromatic heterocycles. The second-order valence-corrected chi connectivity index (χ2v) is 10.1. The first-order valence-corrected chi connectivity index (χ1v) is 9.08. The summed E-state index contributed by atoms with van der Waals surface area (Å²) in [4.78, 5) is 4.03. The smallest absolute Gasteiger partial charge is 0.0775 e. The Kier molecular flexibility index (Phi) is 2.92. The molecule has 2 rings (SSSR count). The van der Waals surface area contributed by atoms with Gasteiger partial charge in [-0.15, -0.1) is 0 Å². The van der Waals surface area contributed by atoms with Crippen LogP contribution in [0.5, 0.6) is 0 Å². The van der Waals surface area contributed by atoms with Crippen LogP contribution in [0.25, 0.3) is 11.1 Å². The van der Waals surface area contributed by atoms with Gasteiger partial charge in [-0.2, -0.15) is 0 Å². The standard InChI is InChI=1S/C14H17NSi/c1-16(2,3)14-6-4-12(5-7-14)13-8-10-15-11-9-13/h4-11H,1-3H3. The van der Waals surface area contributed by atoms with Gasteiger partial charge in [-0.05, 0) is 23.3 Å². The molecule has 1 aromatic carbocycles. The Bertz CT molecular complexity index is 454. The SMILES string of the molecule is C[Si](C)(C)c1ccc(-c2ccncc2)cc1. The Hall–Kier alpha value is -1.41. The van der Waals surface area contributed by atoms with Crippen molar-refractivity contribution in [3.8, 4) is 11.1 Å². The third kappa shape index (κ3) is 2.39. The van der Waals surface area contributed by atoms with Crippen LogP contribution in [0.3, 0.4) is 0 Å². The molecule has 0 unspecified atom stereocenters. The van der Waals surface area contributed by atoms with E-state index >= 15 is 0 Å². The van der Waals surface area contributed by atoms with Gasteiger partial charge in [-0.1, -0.05) is 49.1 Å². The van der Waals surface area contributed by atoms with Crippen LogP contribution in [0.1, 0.15) is 0 Å². The van der Waals surface area contributed by atoms with Crippen LogP contribution in [0, 0.1) is 0 Å². The summed E-state index contributed by atoms with van der Waals surface area (Å²) in [5.41, 5.74) is 2.50. The Morgan fingerprint density at radius 3 is 1.75 bits per heavy atom. The molecular weight excluding hydrogens is 210 g/mol. The van der Waals surface area contributed by atoms with Gasteiger partial charge in [0.2, 0.25) is 0 Å². The summed E-state index contributed by atoms with van der Waals surface area (Å²) < 4.78 is 0. The molecule has 1 nitrogen and oxygen atoms in total. The third-order valence-electron chi connectivity index (χ3n) is 2.76. The zero-order valence-corrected chi connectivity index (χ0v) is 11.1. The van der Waals surface area contributed by atoms with Crippen LogP contribution in [-0.4, -0.2) is 13.1 Å². The van der Waals surface area contributed by atoms with Gasteiger partial charge in [0.05, 0.1) is 8.07 Å². The largest absolute Gasteiger partial charge is 0.265 e. The number of hydrogen-bond acceptors (Lipinski definition) is 1. The van der Waals surface area contributed by atoms with E-state index in [2.05, 4.69) is 48.9 Å². The molecule has 16 heavy (non-hydrogen) atoms. The summed E-state index contributed by atoms with van der Waals surface area (Å²) in [6, 6.07) is 13.0. The summed E-state index contributed by atoms with van der Waals surface area (Å²) in [5.74, 6) is 0. The summed E-state index contributed by atoms with van der Waals surface area (Å²) in [6.45, 7) is 7.11. The lowest BCUT2D eigenvalue weighted by molar-refractivity contribution is 1.33. The van der Waals surface area contributed by atoms with E-state index in [1.807, 2.05) is 24.5 Å². The first kappa shape index (κ1) is 11.1. The Morgan fingerprint density at radius 1 is 0.750 bits per heavy atom. The molecule has 0 amide bonds. The normalized spacial score (nSPS) is 11.4. The fourth-order valence-electron chi connectivity index (χ4n) is 1.71. The monoisotopic (exact) mass is 227 g/mol. The Balaban J connectivity index is 2.34. The minimum absolute atomic E-state index is 1.17. The van der Waals surface area contributed by atoms with Crippen LogP contribution >= 0.6 is 0 Å². The van der Waals surface area contributed by atoms with E-state index in [4.69, 9.17) is 0 Å². The van der Waals surface area contributed by atoms with Gasteiger partial charge >= 0.3 is 0 Å². The van der Waals surface area contributed by atoms with Crippen LogP contribution in [0.2, 0.25) is 19.6 Å². The molecule has 0 N–H and O–H groups in total. The highest BCUT2D eigenvalue weighted by molar-refractivity contribution is 6.88. The lowest BCUT2D eigenvalue weighted by Gasteiger charge is -2.16. The molecule has 0 bridgehead atoms. The van der Waals surface area contributed by atoms with Crippen molar-refractivity contribution in [2.45, 2.75) is 19.6 Å². The number of benzene rings is 1. The van der Waals surface area contributed by atoms with Gasteiger partial charge in [0.1, 0.15) is 0 Å². The van der Waals surface area contributed by atoms with E-state index in [-0.39, 0.29) is 0 Å². The lowest BCUT2D eigenvalue weighted by atomic mass is 10.1. The van der Waals surface area contributed by atoms with Crippen LogP contribution in [-0.2, 0) is 0 Å². The van der Waals surface area contributed by atoms with Crippen molar-refractivity contribution in [2.75, 3.05) is 0 Å². The average Bonchev–Trinajstić information content (AvgIpc) is 2.29. The Morgan fingerprint density at radius 2 is 1.25 bits per heavy atom. The maximum absolute atomic E-state index is 4.03. The first-order valence-electron chi connectivity index (χ1n) is 5.58. The van der Waals surface area contributed by atoms with Crippen molar-refractivity contribution in [2.24, 2.45) is 0 Å². The zero-order chi connectivity index (χ0) is 11.6. The molecule has 0 radical (unpaired) electrons. The minimum Gasteiger partial charge on any atom is -0.265 e. The number of hydrogen-bond donors (Lipinski definition) is 0. The second-order valence-electron chi connectivity index (χ2n) is 5.06. The summed E-state index contributed by atoms with van der Waals surface area (Å²) >= 11 is 0. The minimum atomic E-state index is -1.17. The summed E-state index contributed by atoms with van der Waals surface area (Å²) in [5, 5.41) is 1.50. The number of aromatic nitrogens is 1. The molecule has 82 valence electrons. The van der Waals surface area contributed by atoms with Gasteiger partial charge in [0, 0.05) is 12.4 Å². The van der Waals surface area contributed by atoms with Crippen molar-refractivity contribution >= 4 is 13.3 Å². The van der Waals surface area contributed by atoms with Crippen LogP contribution in [0.15, 0.2) is 48.8 Å². The third-order valence-corrected chi connectivity index (χ3v) is 4.83. The quantitative estimate of drug-likeness (QED) is 0.717. The van der Waals surface area contributed by atoms with E-state index in [0.717, 1.165) is 0 Å². The molecule has 0 saturated heterocycles. The van der Waals surface area contributed by atoms with Crippen molar-refractivity contribution < 1.29 is 0 Å². The molecule has 2 heteroatoms. The second kappa shape index (κ2) is 4.22. The topological polar surface area (TPSA) is 12.9 Å². The van der Waals surface area contributed by atoms with Crippen molar-refractivity contribution in [1.29, 1.82) is 0 Å². The summed E-state index contributed by atoms with van der Waals surface area (Å²) in [7, 11) is -1.17. The van der Waals surface area contributed by atoms with Gasteiger partial charge < -0.3 is 0 Å². The number of rotatable bonds is 2. The maximum Gasteiger partial charge on any atom is 0.0775 e. The van der Waals surface area contributed by atoms with E-state index in [9.17, 15) is 0 Å². The fraction of sp³-hybridized carbons (Fsp3) is 0.214. The maximum atomic E-state index is 4.03. The summed E-state index contributed by atoms with van der Waals surface area (Å²) in [6.07, 6.45) is 3.67. The van der Waals surface area contributed by atoms with E-state index in [1.54, 1.807) is 0 Å². The van der Waals surface area contributed by atoms with Crippen molar-refractivity contribution in [3.05, 3.63) is 48.8 Å². The Labute approximate surface area is 98.2 Å². The predicted molar refractivity (Wildman–Crippen MR) is 72.7 cm³/mol. The predicted octanol–water partition coefficient (Wildman–Crippen LogP) is 3.29. The number of pyridine rings is 1. The molecule has 0 atom stereocenters. The number of nitrogens with zero attached hydrogens (tertiary/aromatic N) is 1. The van der Waals surface area contributed by atoms with Gasteiger partial charge in [0.15, 0.2) is 0 Å². The van der Waals surface area contributed by atoms with Gasteiger partial charge in [0.25, 0.3) is 0 Å². The molecular formula is C14H17NSi. The molecule has 0 fully saturated rings. The van der Waals surface area contributed by atoms with Gasteiger partial charge in [-0.25, -0.2) is 0 Å². The molecule has 0 spiro atoms. The van der Waals surface area contributed by atoms with Crippen LogP contribution in [0.4, 0.5) is 0 Å². The highest BCUT2D eigenvalue weighted by Crippen LogP contribution is 2.17. The van der Waals surface area contributed by atoms with Crippen molar-refractivity contribution in [3.63, 3.8) is 0 Å². The van der Waals surface area contributed by atoms with Crippen molar-refractivity contribution in [1.82, 2.24) is 4.98 Å². The molecule has 2 aromatic rings. The van der Waals surface area contributed by atoms with Gasteiger partial charge in [-0.3, -0.25) is 4.98 Å². The molecule has 0 saturated carbocycles. The van der Waals surface area contributed by atoms with Crippen LogP contribution < -0.4 is 5.19 Å². The molecule has 0 aliphatic carbocycles. The molecule has 0 aliphatic rings. The average molecular weight is 227 g/mol. The first-order chi connectivity index (χ1) is 7.57. The van der Waals surface area contributed by atoms with E-state index in [0.29, 0.717) is 0 Å². The molecule has 0 aliphatic heterocycles. The molecule has 1 heterocycles.